The number of nitrogens with one attached hydrogen (secondary N) is 1. The Kier molecular flexibility index (Phi) is 4.28. The molecule has 0 aliphatic rings. The van der Waals surface area contributed by atoms with Crippen molar-refractivity contribution in [2.75, 3.05) is 25.5 Å². The smallest absolute Gasteiger partial charge is 0.224 e. The van der Waals surface area contributed by atoms with Gasteiger partial charge in [-0.25, -0.2) is 0 Å². The molecule has 0 aliphatic carbocycles. The van der Waals surface area contributed by atoms with E-state index in [0.717, 1.165) is 11.7 Å². The molecule has 1 amide bonds. The molecule has 0 radical (unpaired) electrons. The lowest BCUT2D eigenvalue weighted by molar-refractivity contribution is -0.123. The van der Waals surface area contributed by atoms with Gasteiger partial charge in [0, 0.05) is 20.6 Å². The van der Waals surface area contributed by atoms with Crippen LogP contribution in [0.5, 0.6) is 0 Å². The maximum absolute atomic E-state index is 11.3. The summed E-state index contributed by atoms with van der Waals surface area (Å²) in [7, 11) is 3.46. The summed E-state index contributed by atoms with van der Waals surface area (Å²) in [5.74, 6) is 0.511. The SMILES string of the molecule is CNC(=O)C(C)CN(C)c1nsnc1Cl. The first-order valence-corrected chi connectivity index (χ1v) is 5.58. The van der Waals surface area contributed by atoms with E-state index in [-0.39, 0.29) is 11.8 Å². The van der Waals surface area contributed by atoms with E-state index in [1.807, 2.05) is 18.9 Å². The molecule has 5 nitrogen and oxygen atoms in total. The number of hydrogen-bond donors (Lipinski definition) is 1. The van der Waals surface area contributed by atoms with Crippen molar-refractivity contribution in [1.82, 2.24) is 14.1 Å². The van der Waals surface area contributed by atoms with Crippen LogP contribution in [0, 0.1) is 5.92 Å². The molecule has 0 fully saturated rings. The van der Waals surface area contributed by atoms with Crippen LogP contribution in [0.3, 0.4) is 0 Å². The lowest BCUT2D eigenvalue weighted by Crippen LogP contribution is -2.34. The van der Waals surface area contributed by atoms with Gasteiger partial charge in [0.15, 0.2) is 11.0 Å². The summed E-state index contributed by atoms with van der Waals surface area (Å²) in [6, 6.07) is 0. The summed E-state index contributed by atoms with van der Waals surface area (Å²) in [5.41, 5.74) is 0. The molecular formula is C8H13ClN4OS. The number of aromatic nitrogens is 2. The molecule has 15 heavy (non-hydrogen) atoms. The Morgan fingerprint density at radius 3 is 2.80 bits per heavy atom. The van der Waals surface area contributed by atoms with Crippen LogP contribution in [0.4, 0.5) is 5.82 Å². The largest absolute Gasteiger partial charge is 0.359 e. The van der Waals surface area contributed by atoms with Gasteiger partial charge in [0.2, 0.25) is 5.91 Å². The van der Waals surface area contributed by atoms with Crippen LogP contribution in [-0.2, 0) is 4.79 Å². The first-order chi connectivity index (χ1) is 7.06. The van der Waals surface area contributed by atoms with Crippen LogP contribution >= 0.6 is 23.3 Å². The number of hydrogen-bond acceptors (Lipinski definition) is 5. The number of rotatable bonds is 4. The first kappa shape index (κ1) is 12.2. The Balaban J connectivity index is 2.60. The standard InChI is InChI=1S/C8H13ClN4OS/c1-5(8(14)10-2)4-13(3)7-6(9)11-15-12-7/h5H,4H2,1-3H3,(H,10,14). The minimum absolute atomic E-state index is 0.00108. The Labute approximate surface area is 97.8 Å². The van der Waals surface area contributed by atoms with Crippen molar-refractivity contribution in [3.63, 3.8) is 0 Å². The van der Waals surface area contributed by atoms with Crippen molar-refractivity contribution >= 4 is 35.1 Å². The molecule has 0 saturated carbocycles. The highest BCUT2D eigenvalue weighted by molar-refractivity contribution is 6.99. The lowest BCUT2D eigenvalue weighted by Gasteiger charge is -2.19. The van der Waals surface area contributed by atoms with Crippen molar-refractivity contribution in [3.05, 3.63) is 5.15 Å². The zero-order valence-corrected chi connectivity index (χ0v) is 10.4. The Morgan fingerprint density at radius 1 is 1.67 bits per heavy atom. The van der Waals surface area contributed by atoms with Gasteiger partial charge in [-0.2, -0.15) is 8.75 Å². The topological polar surface area (TPSA) is 58.1 Å². The third kappa shape index (κ3) is 3.04. The monoisotopic (exact) mass is 248 g/mol. The van der Waals surface area contributed by atoms with Gasteiger partial charge in [0.05, 0.1) is 17.6 Å². The zero-order chi connectivity index (χ0) is 11.4. The second-order valence-corrected chi connectivity index (χ2v) is 4.16. The van der Waals surface area contributed by atoms with Crippen LogP contribution in [0.1, 0.15) is 6.92 Å². The Hall–Kier alpha value is -0.880. The average molecular weight is 249 g/mol. The van der Waals surface area contributed by atoms with Crippen molar-refractivity contribution < 1.29 is 4.79 Å². The van der Waals surface area contributed by atoms with Gasteiger partial charge in [-0.1, -0.05) is 18.5 Å². The van der Waals surface area contributed by atoms with Crippen molar-refractivity contribution in [2.45, 2.75) is 6.92 Å². The number of halogens is 1. The fraction of sp³-hybridized carbons (Fsp3) is 0.625. The van der Waals surface area contributed by atoms with Crippen LogP contribution in [0.25, 0.3) is 0 Å². The highest BCUT2D eigenvalue weighted by Crippen LogP contribution is 2.22. The predicted octanol–water partition coefficient (Wildman–Crippen LogP) is 1.01. The summed E-state index contributed by atoms with van der Waals surface area (Å²) in [6.45, 7) is 2.41. The van der Waals surface area contributed by atoms with Gasteiger partial charge in [-0.3, -0.25) is 4.79 Å². The van der Waals surface area contributed by atoms with Crippen LogP contribution in [0.2, 0.25) is 5.15 Å². The quantitative estimate of drug-likeness (QED) is 0.864. The zero-order valence-electron chi connectivity index (χ0n) is 8.82. The summed E-state index contributed by atoms with van der Waals surface area (Å²) < 4.78 is 7.91. The van der Waals surface area contributed by atoms with Crippen LogP contribution in [0.15, 0.2) is 0 Å². The first-order valence-electron chi connectivity index (χ1n) is 4.47. The van der Waals surface area contributed by atoms with Crippen molar-refractivity contribution in [2.24, 2.45) is 5.92 Å². The van der Waals surface area contributed by atoms with Gasteiger partial charge in [-0.05, 0) is 0 Å². The number of nitrogens with zero attached hydrogens (tertiary/aromatic N) is 3. The lowest BCUT2D eigenvalue weighted by atomic mass is 10.1. The molecule has 0 saturated heterocycles. The molecule has 1 heterocycles. The molecule has 1 rings (SSSR count). The van der Waals surface area contributed by atoms with E-state index in [1.165, 1.54) is 0 Å². The number of carbonyl (C=O) groups excluding carboxylic acids is 1. The van der Waals surface area contributed by atoms with E-state index in [9.17, 15) is 4.79 Å². The van der Waals surface area contributed by atoms with Gasteiger partial charge >= 0.3 is 0 Å². The fourth-order valence-corrected chi connectivity index (χ4v) is 2.05. The summed E-state index contributed by atoms with van der Waals surface area (Å²) in [4.78, 5) is 13.1. The average Bonchev–Trinajstić information content (AvgIpc) is 2.63. The van der Waals surface area contributed by atoms with Gasteiger partial charge < -0.3 is 10.2 Å². The normalized spacial score (nSPS) is 12.3. The molecule has 0 spiro atoms. The number of anilines is 1. The minimum atomic E-state index is -0.113. The summed E-state index contributed by atoms with van der Waals surface area (Å²) >= 11 is 6.89. The third-order valence-electron chi connectivity index (χ3n) is 2.04. The second kappa shape index (κ2) is 5.27. The molecule has 1 atom stereocenters. The Bertz CT molecular complexity index is 343. The number of amides is 1. The Morgan fingerprint density at radius 2 is 2.33 bits per heavy atom. The highest BCUT2D eigenvalue weighted by atomic mass is 35.5. The summed E-state index contributed by atoms with van der Waals surface area (Å²) in [6.07, 6.45) is 0. The van der Waals surface area contributed by atoms with E-state index in [4.69, 9.17) is 11.6 Å². The van der Waals surface area contributed by atoms with E-state index in [0.29, 0.717) is 17.5 Å². The van der Waals surface area contributed by atoms with E-state index >= 15 is 0 Å². The molecule has 0 bridgehead atoms. The van der Waals surface area contributed by atoms with E-state index < -0.39 is 0 Å². The van der Waals surface area contributed by atoms with Gasteiger partial charge in [0.1, 0.15) is 0 Å². The minimum Gasteiger partial charge on any atom is -0.359 e. The molecule has 1 N–H and O–H groups in total. The highest BCUT2D eigenvalue weighted by Gasteiger charge is 2.17. The number of carbonyl (C=O) groups is 1. The van der Waals surface area contributed by atoms with Gasteiger partial charge in [-0.15, -0.1) is 0 Å². The molecule has 1 unspecified atom stereocenters. The summed E-state index contributed by atoms with van der Waals surface area (Å²) in [5, 5.41) is 2.98. The fourth-order valence-electron chi connectivity index (χ4n) is 1.23. The van der Waals surface area contributed by atoms with Crippen molar-refractivity contribution in [1.29, 1.82) is 0 Å². The molecule has 1 aromatic heterocycles. The molecule has 0 aromatic carbocycles. The third-order valence-corrected chi connectivity index (χ3v) is 2.91. The molecule has 7 heteroatoms. The molecule has 84 valence electrons. The molecule has 1 aromatic rings. The van der Waals surface area contributed by atoms with Crippen LogP contribution < -0.4 is 10.2 Å². The maximum atomic E-state index is 11.3. The van der Waals surface area contributed by atoms with Crippen LogP contribution in [-0.4, -0.2) is 35.3 Å². The second-order valence-electron chi connectivity index (χ2n) is 3.27. The van der Waals surface area contributed by atoms with E-state index in [1.54, 1.807) is 7.05 Å². The maximum Gasteiger partial charge on any atom is 0.224 e. The van der Waals surface area contributed by atoms with Gasteiger partial charge in [0.25, 0.3) is 0 Å². The molecular weight excluding hydrogens is 236 g/mol. The van der Waals surface area contributed by atoms with Crippen molar-refractivity contribution in [3.8, 4) is 0 Å². The predicted molar refractivity (Wildman–Crippen MR) is 61.4 cm³/mol. The molecule has 0 aliphatic heterocycles. The van der Waals surface area contributed by atoms with E-state index in [2.05, 4.69) is 14.1 Å².